The standard InChI is InChI=1S/C17H19F3N4O/c1-10-4-2-3-5-14(10)24-15(17(18,19)20)12(9-22-24)16(25)23-13(8-21)11-6-7-11/h2-5,9,11,13H,6-8,21H2,1H3,(H,23,25). The summed E-state index contributed by atoms with van der Waals surface area (Å²) >= 11 is 0. The highest BCUT2D eigenvalue weighted by Crippen LogP contribution is 2.35. The summed E-state index contributed by atoms with van der Waals surface area (Å²) in [6.07, 6.45) is -1.90. The Morgan fingerprint density at radius 2 is 2.08 bits per heavy atom. The van der Waals surface area contributed by atoms with Crippen LogP contribution in [0.2, 0.25) is 0 Å². The molecule has 1 unspecified atom stereocenters. The smallest absolute Gasteiger partial charge is 0.348 e. The molecule has 0 bridgehead atoms. The number of alkyl halides is 3. The zero-order valence-electron chi connectivity index (χ0n) is 13.7. The Balaban J connectivity index is 2.00. The highest BCUT2D eigenvalue weighted by atomic mass is 19.4. The summed E-state index contributed by atoms with van der Waals surface area (Å²) in [5, 5.41) is 6.45. The van der Waals surface area contributed by atoms with Gasteiger partial charge in [0.2, 0.25) is 0 Å². The molecule has 1 fully saturated rings. The molecular weight excluding hydrogens is 333 g/mol. The second-order valence-corrected chi connectivity index (χ2v) is 6.26. The van der Waals surface area contributed by atoms with Gasteiger partial charge in [0, 0.05) is 12.6 Å². The maximum Gasteiger partial charge on any atom is 0.434 e. The quantitative estimate of drug-likeness (QED) is 0.869. The lowest BCUT2D eigenvalue weighted by atomic mass is 10.1. The number of benzene rings is 1. The lowest BCUT2D eigenvalue weighted by Crippen LogP contribution is -2.42. The van der Waals surface area contributed by atoms with Crippen molar-refractivity contribution >= 4 is 5.91 Å². The van der Waals surface area contributed by atoms with Crippen LogP contribution in [0.25, 0.3) is 5.69 Å². The molecule has 1 atom stereocenters. The first kappa shape index (κ1) is 17.5. The molecule has 134 valence electrons. The molecular formula is C17H19F3N4O. The van der Waals surface area contributed by atoms with Gasteiger partial charge in [0.05, 0.1) is 17.4 Å². The molecule has 1 amide bonds. The van der Waals surface area contributed by atoms with E-state index in [1.165, 1.54) is 6.07 Å². The van der Waals surface area contributed by atoms with Crippen molar-refractivity contribution < 1.29 is 18.0 Å². The molecule has 5 nitrogen and oxygen atoms in total. The van der Waals surface area contributed by atoms with Gasteiger partial charge in [0.25, 0.3) is 5.91 Å². The van der Waals surface area contributed by atoms with Gasteiger partial charge in [0.15, 0.2) is 5.69 Å². The van der Waals surface area contributed by atoms with Gasteiger partial charge in [-0.15, -0.1) is 0 Å². The molecule has 0 aliphatic heterocycles. The van der Waals surface area contributed by atoms with Crippen LogP contribution in [-0.4, -0.2) is 28.3 Å². The summed E-state index contributed by atoms with van der Waals surface area (Å²) in [6, 6.07) is 6.27. The highest BCUT2D eigenvalue weighted by molar-refractivity contribution is 5.95. The van der Waals surface area contributed by atoms with Crippen LogP contribution in [0.4, 0.5) is 13.2 Å². The molecule has 1 aliphatic rings. The third kappa shape index (κ3) is 3.53. The Hall–Kier alpha value is -2.35. The first-order valence-electron chi connectivity index (χ1n) is 8.05. The first-order valence-corrected chi connectivity index (χ1v) is 8.05. The van der Waals surface area contributed by atoms with Gasteiger partial charge < -0.3 is 11.1 Å². The first-order chi connectivity index (χ1) is 11.8. The van der Waals surface area contributed by atoms with Gasteiger partial charge in [-0.25, -0.2) is 4.68 Å². The van der Waals surface area contributed by atoms with Crippen LogP contribution in [0, 0.1) is 12.8 Å². The number of rotatable bonds is 5. The van der Waals surface area contributed by atoms with Crippen LogP contribution in [0.5, 0.6) is 0 Å². The Morgan fingerprint density at radius 3 is 2.64 bits per heavy atom. The molecule has 0 radical (unpaired) electrons. The summed E-state index contributed by atoms with van der Waals surface area (Å²) in [5.41, 5.74) is 4.96. The zero-order valence-corrected chi connectivity index (χ0v) is 13.7. The van der Waals surface area contributed by atoms with Crippen molar-refractivity contribution in [1.29, 1.82) is 0 Å². The molecule has 0 spiro atoms. The molecule has 2 aromatic rings. The summed E-state index contributed by atoms with van der Waals surface area (Å²) in [6.45, 7) is 1.89. The Morgan fingerprint density at radius 1 is 1.40 bits per heavy atom. The Kier molecular flexibility index (Phi) is 4.55. The second kappa shape index (κ2) is 6.51. The van der Waals surface area contributed by atoms with Crippen molar-refractivity contribution in [3.05, 3.63) is 47.3 Å². The largest absolute Gasteiger partial charge is 0.434 e. The molecule has 1 heterocycles. The van der Waals surface area contributed by atoms with Crippen LogP contribution in [-0.2, 0) is 6.18 Å². The molecule has 1 aromatic heterocycles. The molecule has 3 N–H and O–H groups in total. The number of carbonyl (C=O) groups is 1. The van der Waals surface area contributed by atoms with Gasteiger partial charge in [-0.2, -0.15) is 18.3 Å². The monoisotopic (exact) mass is 352 g/mol. The fraction of sp³-hybridized carbons (Fsp3) is 0.412. The third-order valence-corrected chi connectivity index (χ3v) is 4.39. The van der Waals surface area contributed by atoms with Crippen LogP contribution in [0.1, 0.15) is 34.5 Å². The number of nitrogens with one attached hydrogen (secondary N) is 1. The number of amides is 1. The van der Waals surface area contributed by atoms with Gasteiger partial charge in [0.1, 0.15) is 0 Å². The maximum absolute atomic E-state index is 13.6. The van der Waals surface area contributed by atoms with Crippen molar-refractivity contribution in [3.8, 4) is 5.69 Å². The summed E-state index contributed by atoms with van der Waals surface area (Å²) < 4.78 is 41.7. The topological polar surface area (TPSA) is 72.9 Å². The van der Waals surface area contributed by atoms with E-state index in [9.17, 15) is 18.0 Å². The predicted molar refractivity (Wildman–Crippen MR) is 86.3 cm³/mol. The molecule has 1 aliphatic carbocycles. The number of hydrogen-bond acceptors (Lipinski definition) is 3. The summed E-state index contributed by atoms with van der Waals surface area (Å²) in [7, 11) is 0. The predicted octanol–water partition coefficient (Wildman–Crippen LogP) is 2.67. The molecule has 8 heteroatoms. The van der Waals surface area contributed by atoms with Crippen molar-refractivity contribution in [3.63, 3.8) is 0 Å². The molecule has 3 rings (SSSR count). The minimum Gasteiger partial charge on any atom is -0.348 e. The number of nitrogens with two attached hydrogens (primary N) is 1. The average molecular weight is 352 g/mol. The van der Waals surface area contributed by atoms with Crippen LogP contribution in [0.3, 0.4) is 0 Å². The van der Waals surface area contributed by atoms with Crippen LogP contribution >= 0.6 is 0 Å². The number of halogens is 3. The van der Waals surface area contributed by atoms with E-state index in [1.54, 1.807) is 25.1 Å². The fourth-order valence-corrected chi connectivity index (χ4v) is 2.89. The second-order valence-electron chi connectivity index (χ2n) is 6.26. The van der Waals surface area contributed by atoms with Crippen LogP contribution < -0.4 is 11.1 Å². The Labute approximate surface area is 143 Å². The lowest BCUT2D eigenvalue weighted by Gasteiger charge is -2.17. The number of para-hydroxylation sites is 1. The average Bonchev–Trinajstić information content (AvgIpc) is 3.29. The normalized spacial score (nSPS) is 15.9. The molecule has 0 saturated heterocycles. The number of hydrogen-bond donors (Lipinski definition) is 2. The van der Waals surface area contributed by atoms with Crippen molar-refractivity contribution in [2.75, 3.05) is 6.54 Å². The van der Waals surface area contributed by atoms with E-state index in [2.05, 4.69) is 10.4 Å². The van der Waals surface area contributed by atoms with Gasteiger partial charge in [-0.3, -0.25) is 4.79 Å². The SMILES string of the molecule is Cc1ccccc1-n1ncc(C(=O)NC(CN)C2CC2)c1C(F)(F)F. The number of aromatic nitrogens is 2. The number of carbonyl (C=O) groups excluding carboxylic acids is 1. The van der Waals surface area contributed by atoms with E-state index in [4.69, 9.17) is 5.73 Å². The summed E-state index contributed by atoms with van der Waals surface area (Å²) in [5.74, 6) is -0.552. The van der Waals surface area contributed by atoms with Crippen molar-refractivity contribution in [2.24, 2.45) is 11.7 Å². The van der Waals surface area contributed by atoms with E-state index in [0.29, 0.717) is 5.56 Å². The molecule has 1 aromatic carbocycles. The minimum atomic E-state index is -4.72. The number of nitrogens with zero attached hydrogens (tertiary/aromatic N) is 2. The van der Waals surface area contributed by atoms with Gasteiger partial charge >= 0.3 is 6.18 Å². The maximum atomic E-state index is 13.6. The van der Waals surface area contributed by atoms with Crippen molar-refractivity contribution in [2.45, 2.75) is 32.0 Å². The van der Waals surface area contributed by atoms with E-state index >= 15 is 0 Å². The van der Waals surface area contributed by atoms with E-state index in [1.807, 2.05) is 0 Å². The fourth-order valence-electron chi connectivity index (χ4n) is 2.89. The molecule has 25 heavy (non-hydrogen) atoms. The van der Waals surface area contributed by atoms with E-state index < -0.39 is 23.3 Å². The van der Waals surface area contributed by atoms with E-state index in [-0.39, 0.29) is 24.2 Å². The molecule has 1 saturated carbocycles. The lowest BCUT2D eigenvalue weighted by molar-refractivity contribution is -0.143. The minimum absolute atomic E-state index is 0.198. The highest BCUT2D eigenvalue weighted by Gasteiger charge is 2.41. The van der Waals surface area contributed by atoms with Gasteiger partial charge in [-0.1, -0.05) is 18.2 Å². The summed E-state index contributed by atoms with van der Waals surface area (Å²) in [4.78, 5) is 12.4. The Bertz CT molecular complexity index is 780. The third-order valence-electron chi connectivity index (χ3n) is 4.39. The van der Waals surface area contributed by atoms with E-state index in [0.717, 1.165) is 23.7 Å². The van der Waals surface area contributed by atoms with Crippen molar-refractivity contribution in [1.82, 2.24) is 15.1 Å². The zero-order chi connectivity index (χ0) is 18.2. The van der Waals surface area contributed by atoms with Crippen LogP contribution in [0.15, 0.2) is 30.5 Å². The number of aryl methyl sites for hydroxylation is 1. The van der Waals surface area contributed by atoms with Gasteiger partial charge in [-0.05, 0) is 37.3 Å².